The molecule has 0 spiro atoms. The lowest BCUT2D eigenvalue weighted by Crippen LogP contribution is -2.16. The van der Waals surface area contributed by atoms with Crippen molar-refractivity contribution in [2.45, 2.75) is 38.6 Å². The molecule has 1 fully saturated rings. The molecule has 1 aliphatic carbocycles. The van der Waals surface area contributed by atoms with Gasteiger partial charge in [-0.2, -0.15) is 0 Å². The molecule has 1 N–H and O–H groups in total. The van der Waals surface area contributed by atoms with E-state index in [0.29, 0.717) is 6.04 Å². The van der Waals surface area contributed by atoms with Gasteiger partial charge in [0.2, 0.25) is 0 Å². The normalized spacial score (nSPS) is 16.9. The first-order valence-electron chi connectivity index (χ1n) is 6.56. The number of benzene rings is 1. The van der Waals surface area contributed by atoms with Gasteiger partial charge in [0.05, 0.1) is 7.11 Å². The molecule has 0 amide bonds. The molecule has 0 saturated heterocycles. The van der Waals surface area contributed by atoms with Gasteiger partial charge in [-0.1, -0.05) is 25.0 Å². The van der Waals surface area contributed by atoms with Gasteiger partial charge in [-0.05, 0) is 49.9 Å². The third-order valence-electron chi connectivity index (χ3n) is 3.74. The van der Waals surface area contributed by atoms with Gasteiger partial charge in [-0.15, -0.1) is 0 Å². The van der Waals surface area contributed by atoms with E-state index in [4.69, 9.17) is 4.74 Å². The fourth-order valence-electron chi connectivity index (χ4n) is 2.34. The van der Waals surface area contributed by atoms with Crippen molar-refractivity contribution in [2.75, 3.05) is 14.2 Å². The van der Waals surface area contributed by atoms with E-state index in [1.165, 1.54) is 36.8 Å². The van der Waals surface area contributed by atoms with Crippen LogP contribution in [-0.4, -0.2) is 14.2 Å². The molecule has 0 bridgehead atoms. The van der Waals surface area contributed by atoms with Crippen molar-refractivity contribution in [3.8, 4) is 5.75 Å². The minimum absolute atomic E-state index is 0.463. The second kappa shape index (κ2) is 5.54. The minimum Gasteiger partial charge on any atom is -0.496 e. The van der Waals surface area contributed by atoms with Gasteiger partial charge in [-0.3, -0.25) is 0 Å². The van der Waals surface area contributed by atoms with Crippen molar-refractivity contribution in [3.63, 3.8) is 0 Å². The number of rotatable bonds is 6. The van der Waals surface area contributed by atoms with E-state index in [-0.39, 0.29) is 0 Å². The Morgan fingerprint density at radius 2 is 2.18 bits per heavy atom. The van der Waals surface area contributed by atoms with Crippen LogP contribution in [0, 0.1) is 12.8 Å². The van der Waals surface area contributed by atoms with Gasteiger partial charge in [-0.25, -0.2) is 0 Å². The number of hydrogen-bond acceptors (Lipinski definition) is 2. The zero-order valence-corrected chi connectivity index (χ0v) is 11.1. The first-order valence-corrected chi connectivity index (χ1v) is 6.56. The summed E-state index contributed by atoms with van der Waals surface area (Å²) < 4.78 is 5.39. The summed E-state index contributed by atoms with van der Waals surface area (Å²) >= 11 is 0. The van der Waals surface area contributed by atoms with Crippen molar-refractivity contribution in [2.24, 2.45) is 5.92 Å². The first kappa shape index (κ1) is 12.4. The summed E-state index contributed by atoms with van der Waals surface area (Å²) in [6.45, 7) is 2.08. The fraction of sp³-hybridized carbons (Fsp3) is 0.600. The van der Waals surface area contributed by atoms with E-state index in [9.17, 15) is 0 Å². The third kappa shape index (κ3) is 3.22. The summed E-state index contributed by atoms with van der Waals surface area (Å²) in [5, 5.41) is 3.42. The molecule has 2 heteroatoms. The molecule has 1 unspecified atom stereocenters. The van der Waals surface area contributed by atoms with E-state index >= 15 is 0 Å². The highest BCUT2D eigenvalue weighted by molar-refractivity contribution is 5.37. The number of nitrogens with one attached hydrogen (secondary N) is 1. The monoisotopic (exact) mass is 233 g/mol. The maximum atomic E-state index is 5.39. The zero-order valence-electron chi connectivity index (χ0n) is 11.1. The predicted octanol–water partition coefficient (Wildman–Crippen LogP) is 3.45. The van der Waals surface area contributed by atoms with Crippen LogP contribution in [0.4, 0.5) is 0 Å². The third-order valence-corrected chi connectivity index (χ3v) is 3.74. The highest BCUT2D eigenvalue weighted by atomic mass is 16.5. The SMILES string of the molecule is CNC(CCC1CC1)c1ccc(C)c(OC)c1. The highest BCUT2D eigenvalue weighted by Gasteiger charge is 2.22. The molecule has 17 heavy (non-hydrogen) atoms. The molecule has 0 aliphatic heterocycles. The molecule has 2 rings (SSSR count). The van der Waals surface area contributed by atoms with Crippen LogP contribution in [0.3, 0.4) is 0 Å². The van der Waals surface area contributed by atoms with Crippen LogP contribution in [0.25, 0.3) is 0 Å². The van der Waals surface area contributed by atoms with Gasteiger partial charge in [0, 0.05) is 6.04 Å². The average molecular weight is 233 g/mol. The molecule has 0 heterocycles. The molecule has 1 aliphatic rings. The maximum Gasteiger partial charge on any atom is 0.122 e. The predicted molar refractivity (Wildman–Crippen MR) is 71.5 cm³/mol. The van der Waals surface area contributed by atoms with Gasteiger partial charge in [0.25, 0.3) is 0 Å². The molecule has 1 aromatic rings. The molecule has 1 aromatic carbocycles. The van der Waals surface area contributed by atoms with E-state index in [0.717, 1.165) is 11.7 Å². The second-order valence-corrected chi connectivity index (χ2v) is 5.09. The minimum atomic E-state index is 0.463. The summed E-state index contributed by atoms with van der Waals surface area (Å²) in [5.74, 6) is 1.99. The van der Waals surface area contributed by atoms with Crippen molar-refractivity contribution >= 4 is 0 Å². The Kier molecular flexibility index (Phi) is 4.06. The van der Waals surface area contributed by atoms with Gasteiger partial charge < -0.3 is 10.1 Å². The van der Waals surface area contributed by atoms with E-state index in [2.05, 4.69) is 30.4 Å². The number of methoxy groups -OCH3 is 1. The van der Waals surface area contributed by atoms with E-state index in [1.54, 1.807) is 7.11 Å². The van der Waals surface area contributed by atoms with Crippen LogP contribution >= 0.6 is 0 Å². The molecule has 1 atom stereocenters. The smallest absolute Gasteiger partial charge is 0.122 e. The van der Waals surface area contributed by atoms with Crippen molar-refractivity contribution in [3.05, 3.63) is 29.3 Å². The van der Waals surface area contributed by atoms with Crippen LogP contribution in [-0.2, 0) is 0 Å². The Morgan fingerprint density at radius 1 is 1.41 bits per heavy atom. The van der Waals surface area contributed by atoms with E-state index in [1.807, 2.05) is 7.05 Å². The first-order chi connectivity index (χ1) is 8.24. The Labute approximate surface area is 104 Å². The van der Waals surface area contributed by atoms with Crippen LogP contribution in [0.5, 0.6) is 5.75 Å². The molecule has 2 nitrogen and oxygen atoms in total. The number of ether oxygens (including phenoxy) is 1. The summed E-state index contributed by atoms with van der Waals surface area (Å²) in [6, 6.07) is 7.00. The summed E-state index contributed by atoms with van der Waals surface area (Å²) in [5.41, 5.74) is 2.55. The summed E-state index contributed by atoms with van der Waals surface area (Å²) in [7, 11) is 3.79. The molecule has 0 radical (unpaired) electrons. The lowest BCUT2D eigenvalue weighted by molar-refractivity contribution is 0.409. The zero-order chi connectivity index (χ0) is 12.3. The largest absolute Gasteiger partial charge is 0.496 e. The van der Waals surface area contributed by atoms with Crippen LogP contribution in [0.15, 0.2) is 18.2 Å². The van der Waals surface area contributed by atoms with Gasteiger partial charge in [0.15, 0.2) is 0 Å². The van der Waals surface area contributed by atoms with Crippen molar-refractivity contribution in [1.29, 1.82) is 0 Å². The van der Waals surface area contributed by atoms with Crippen molar-refractivity contribution in [1.82, 2.24) is 5.32 Å². The molecule has 1 saturated carbocycles. The molecule has 0 aromatic heterocycles. The molecular formula is C15H23NO. The highest BCUT2D eigenvalue weighted by Crippen LogP contribution is 2.36. The fourth-order valence-corrected chi connectivity index (χ4v) is 2.34. The number of hydrogen-bond donors (Lipinski definition) is 1. The van der Waals surface area contributed by atoms with Crippen LogP contribution in [0.1, 0.15) is 42.9 Å². The molecular weight excluding hydrogens is 210 g/mol. The lowest BCUT2D eigenvalue weighted by Gasteiger charge is -2.18. The average Bonchev–Trinajstić information content (AvgIpc) is 3.15. The summed E-state index contributed by atoms with van der Waals surface area (Å²) in [6.07, 6.45) is 5.45. The summed E-state index contributed by atoms with van der Waals surface area (Å²) in [4.78, 5) is 0. The maximum absolute atomic E-state index is 5.39. The van der Waals surface area contributed by atoms with Crippen LogP contribution < -0.4 is 10.1 Å². The Morgan fingerprint density at radius 3 is 2.76 bits per heavy atom. The Hall–Kier alpha value is -1.02. The standard InChI is InChI=1S/C15H23NO/c1-11-4-8-13(10-15(11)17-3)14(16-2)9-7-12-5-6-12/h4,8,10,12,14,16H,5-7,9H2,1-3H3. The molecule has 94 valence electrons. The Balaban J connectivity index is 2.05. The van der Waals surface area contributed by atoms with Crippen molar-refractivity contribution < 1.29 is 4.74 Å². The topological polar surface area (TPSA) is 21.3 Å². The lowest BCUT2D eigenvalue weighted by atomic mass is 9.99. The second-order valence-electron chi connectivity index (χ2n) is 5.09. The Bertz CT molecular complexity index is 371. The van der Waals surface area contributed by atoms with Crippen LogP contribution in [0.2, 0.25) is 0 Å². The quantitative estimate of drug-likeness (QED) is 0.812. The van der Waals surface area contributed by atoms with Gasteiger partial charge >= 0.3 is 0 Å². The number of aryl methyl sites for hydroxylation is 1. The van der Waals surface area contributed by atoms with Gasteiger partial charge in [0.1, 0.15) is 5.75 Å². The van der Waals surface area contributed by atoms with E-state index < -0.39 is 0 Å².